The highest BCUT2D eigenvalue weighted by Gasteiger charge is 2.26. The molecule has 0 saturated carbocycles. The highest BCUT2D eigenvalue weighted by atomic mass is 35.5. The van der Waals surface area contributed by atoms with Gasteiger partial charge in [-0.3, -0.25) is 0 Å². The number of nitrogens with one attached hydrogen (secondary N) is 1. The third kappa shape index (κ3) is 3.04. The highest BCUT2D eigenvalue weighted by molar-refractivity contribution is 6.33. The summed E-state index contributed by atoms with van der Waals surface area (Å²) in [7, 11) is 4.93. The fraction of sp³-hybridized carbons (Fsp3) is 0.368. The molecule has 1 heterocycles. The minimum absolute atomic E-state index is 0.200. The van der Waals surface area contributed by atoms with Crippen molar-refractivity contribution in [3.8, 4) is 17.2 Å². The zero-order valence-electron chi connectivity index (χ0n) is 14.2. The molecular formula is C19H22ClNO3. The predicted octanol–water partition coefficient (Wildman–Crippen LogP) is 3.64. The Morgan fingerprint density at radius 1 is 1.04 bits per heavy atom. The van der Waals surface area contributed by atoms with Crippen molar-refractivity contribution in [2.24, 2.45) is 0 Å². The third-order valence-electron chi connectivity index (χ3n) is 4.54. The molecule has 1 atom stereocenters. The maximum Gasteiger partial charge on any atom is 0.179 e. The van der Waals surface area contributed by atoms with Gasteiger partial charge in [-0.1, -0.05) is 23.7 Å². The van der Waals surface area contributed by atoms with Crippen LogP contribution < -0.4 is 19.5 Å². The quantitative estimate of drug-likeness (QED) is 0.916. The normalized spacial score (nSPS) is 16.9. The Morgan fingerprint density at radius 2 is 1.79 bits per heavy atom. The number of rotatable bonds is 4. The van der Waals surface area contributed by atoms with Gasteiger partial charge in [0.2, 0.25) is 0 Å². The highest BCUT2D eigenvalue weighted by Crippen LogP contribution is 2.44. The van der Waals surface area contributed by atoms with Gasteiger partial charge in [-0.05, 0) is 47.9 Å². The fourth-order valence-corrected chi connectivity index (χ4v) is 3.65. The van der Waals surface area contributed by atoms with Gasteiger partial charge < -0.3 is 19.5 Å². The number of fused-ring (bicyclic) bond motifs is 1. The molecule has 2 aromatic carbocycles. The molecule has 0 aromatic heterocycles. The van der Waals surface area contributed by atoms with E-state index in [-0.39, 0.29) is 5.92 Å². The lowest BCUT2D eigenvalue weighted by atomic mass is 9.87. The lowest BCUT2D eigenvalue weighted by Crippen LogP contribution is -2.20. The van der Waals surface area contributed by atoms with E-state index >= 15 is 0 Å². The molecule has 4 nitrogen and oxygen atoms in total. The van der Waals surface area contributed by atoms with Crippen molar-refractivity contribution in [2.45, 2.75) is 12.3 Å². The molecule has 1 aliphatic heterocycles. The molecule has 0 amide bonds. The van der Waals surface area contributed by atoms with Crippen LogP contribution in [0.25, 0.3) is 0 Å². The Balaban J connectivity index is 2.12. The van der Waals surface area contributed by atoms with Gasteiger partial charge in [-0.2, -0.15) is 0 Å². The van der Waals surface area contributed by atoms with Gasteiger partial charge in [0, 0.05) is 12.5 Å². The van der Waals surface area contributed by atoms with Crippen LogP contribution in [0.1, 0.15) is 22.6 Å². The van der Waals surface area contributed by atoms with Crippen molar-refractivity contribution in [3.63, 3.8) is 0 Å². The molecule has 128 valence electrons. The zero-order chi connectivity index (χ0) is 17.1. The van der Waals surface area contributed by atoms with E-state index in [9.17, 15) is 0 Å². The van der Waals surface area contributed by atoms with Gasteiger partial charge in [0.25, 0.3) is 0 Å². The summed E-state index contributed by atoms with van der Waals surface area (Å²) in [6, 6.07) is 10.2. The lowest BCUT2D eigenvalue weighted by Gasteiger charge is -2.22. The summed E-state index contributed by atoms with van der Waals surface area (Å²) < 4.78 is 16.2. The molecule has 3 rings (SSSR count). The van der Waals surface area contributed by atoms with E-state index in [1.54, 1.807) is 21.3 Å². The van der Waals surface area contributed by atoms with Crippen molar-refractivity contribution in [1.29, 1.82) is 0 Å². The fourth-order valence-electron chi connectivity index (χ4n) is 3.28. The Labute approximate surface area is 147 Å². The molecule has 0 spiro atoms. The van der Waals surface area contributed by atoms with Crippen LogP contribution in [0.4, 0.5) is 0 Å². The van der Waals surface area contributed by atoms with E-state index in [2.05, 4.69) is 23.5 Å². The molecule has 0 fully saturated rings. The molecule has 5 heteroatoms. The minimum Gasteiger partial charge on any atom is -0.497 e. The average Bonchev–Trinajstić information content (AvgIpc) is 2.84. The SMILES string of the molecule is COc1ccc([C@@H]2CNCCc3c2cc(OC)c(OC)c3Cl)cc1. The van der Waals surface area contributed by atoms with Gasteiger partial charge in [0.1, 0.15) is 5.75 Å². The monoisotopic (exact) mass is 347 g/mol. The Kier molecular flexibility index (Phi) is 5.17. The molecule has 0 bridgehead atoms. The van der Waals surface area contributed by atoms with Crippen molar-refractivity contribution < 1.29 is 14.2 Å². The van der Waals surface area contributed by atoms with Crippen LogP contribution in [0.3, 0.4) is 0 Å². The largest absolute Gasteiger partial charge is 0.497 e. The number of benzene rings is 2. The number of halogens is 1. The number of hydrogen-bond donors (Lipinski definition) is 1. The Hall–Kier alpha value is -1.91. The van der Waals surface area contributed by atoms with E-state index in [1.807, 2.05) is 12.1 Å². The summed E-state index contributed by atoms with van der Waals surface area (Å²) >= 11 is 6.63. The van der Waals surface area contributed by atoms with Crippen molar-refractivity contribution in [3.05, 3.63) is 52.0 Å². The molecule has 0 unspecified atom stereocenters. The molecule has 0 saturated heterocycles. The van der Waals surface area contributed by atoms with Crippen LogP contribution in [0.2, 0.25) is 5.02 Å². The lowest BCUT2D eigenvalue weighted by molar-refractivity contribution is 0.354. The first-order valence-electron chi connectivity index (χ1n) is 7.97. The molecule has 1 N–H and O–H groups in total. The van der Waals surface area contributed by atoms with Gasteiger partial charge in [-0.15, -0.1) is 0 Å². The van der Waals surface area contributed by atoms with Crippen LogP contribution in [0.15, 0.2) is 30.3 Å². The van der Waals surface area contributed by atoms with Crippen molar-refractivity contribution in [1.82, 2.24) is 5.32 Å². The summed E-state index contributed by atoms with van der Waals surface area (Å²) in [5.41, 5.74) is 3.53. The molecular weight excluding hydrogens is 326 g/mol. The first-order valence-corrected chi connectivity index (χ1v) is 8.35. The minimum atomic E-state index is 0.200. The Morgan fingerprint density at radius 3 is 2.42 bits per heavy atom. The van der Waals surface area contributed by atoms with Gasteiger partial charge in [0.05, 0.1) is 26.4 Å². The third-order valence-corrected chi connectivity index (χ3v) is 4.94. The summed E-state index contributed by atoms with van der Waals surface area (Å²) in [5.74, 6) is 2.33. The van der Waals surface area contributed by atoms with E-state index in [4.69, 9.17) is 25.8 Å². The molecule has 0 aliphatic carbocycles. The van der Waals surface area contributed by atoms with Crippen LogP contribution in [-0.4, -0.2) is 34.4 Å². The van der Waals surface area contributed by atoms with Crippen molar-refractivity contribution in [2.75, 3.05) is 34.4 Å². The van der Waals surface area contributed by atoms with Crippen LogP contribution in [0.5, 0.6) is 17.2 Å². The van der Waals surface area contributed by atoms with Crippen LogP contribution in [-0.2, 0) is 6.42 Å². The second-order valence-corrected chi connectivity index (χ2v) is 6.15. The summed E-state index contributed by atoms with van der Waals surface area (Å²) in [6.45, 7) is 1.74. The average molecular weight is 348 g/mol. The zero-order valence-corrected chi connectivity index (χ0v) is 14.9. The smallest absolute Gasteiger partial charge is 0.179 e. The maximum absolute atomic E-state index is 6.63. The number of hydrogen-bond acceptors (Lipinski definition) is 4. The van der Waals surface area contributed by atoms with E-state index < -0.39 is 0 Å². The van der Waals surface area contributed by atoms with E-state index in [0.29, 0.717) is 16.5 Å². The van der Waals surface area contributed by atoms with Crippen LogP contribution in [0, 0.1) is 0 Å². The van der Waals surface area contributed by atoms with E-state index in [0.717, 1.165) is 30.8 Å². The van der Waals surface area contributed by atoms with Gasteiger partial charge >= 0.3 is 0 Å². The number of methoxy groups -OCH3 is 3. The molecule has 0 radical (unpaired) electrons. The molecule has 2 aromatic rings. The first-order chi connectivity index (χ1) is 11.7. The molecule has 24 heavy (non-hydrogen) atoms. The van der Waals surface area contributed by atoms with Gasteiger partial charge in [-0.25, -0.2) is 0 Å². The maximum atomic E-state index is 6.63. The van der Waals surface area contributed by atoms with Crippen molar-refractivity contribution >= 4 is 11.6 Å². The Bertz CT molecular complexity index is 716. The first kappa shape index (κ1) is 16.9. The number of ether oxygens (including phenoxy) is 3. The van der Waals surface area contributed by atoms with Gasteiger partial charge in [0.15, 0.2) is 11.5 Å². The summed E-state index contributed by atoms with van der Waals surface area (Å²) in [4.78, 5) is 0. The predicted molar refractivity (Wildman–Crippen MR) is 96.0 cm³/mol. The standard InChI is InChI=1S/C19H22ClNO3/c1-22-13-6-4-12(5-7-13)16-11-21-9-8-14-15(16)10-17(23-2)19(24-3)18(14)20/h4-7,10,16,21H,8-9,11H2,1-3H3/t16-/m0/s1. The topological polar surface area (TPSA) is 39.7 Å². The summed E-state index contributed by atoms with van der Waals surface area (Å²) in [6.07, 6.45) is 0.862. The summed E-state index contributed by atoms with van der Waals surface area (Å²) in [5, 5.41) is 4.15. The second kappa shape index (κ2) is 7.32. The second-order valence-electron chi connectivity index (χ2n) is 5.77. The van der Waals surface area contributed by atoms with Crippen LogP contribution >= 0.6 is 11.6 Å². The van der Waals surface area contributed by atoms with E-state index in [1.165, 1.54) is 11.1 Å². The molecule has 1 aliphatic rings.